The van der Waals surface area contributed by atoms with Crippen LogP contribution < -0.4 is 10.2 Å². The van der Waals surface area contributed by atoms with E-state index in [1.54, 1.807) is 4.90 Å². The molecule has 0 saturated carbocycles. The molecule has 0 spiro atoms. The summed E-state index contributed by atoms with van der Waals surface area (Å²) in [6.07, 6.45) is 3.78. The van der Waals surface area contributed by atoms with Gasteiger partial charge in [-0.05, 0) is 59.2 Å². The Balaban J connectivity index is 1.51. The molecule has 42 heavy (non-hydrogen) atoms. The Morgan fingerprint density at radius 2 is 1.45 bits per heavy atom. The second kappa shape index (κ2) is 12.7. The molecule has 6 heteroatoms. The zero-order valence-corrected chi connectivity index (χ0v) is 25.4. The zero-order chi connectivity index (χ0) is 29.8. The van der Waals surface area contributed by atoms with Crippen molar-refractivity contribution < 1.29 is 9.59 Å². The van der Waals surface area contributed by atoms with E-state index < -0.39 is 0 Å². The number of aromatic nitrogens is 1. The first kappa shape index (κ1) is 29.2. The second-order valence-electron chi connectivity index (χ2n) is 11.7. The number of hydrogen-bond acceptors (Lipinski definition) is 2. The minimum absolute atomic E-state index is 0.0228. The van der Waals surface area contributed by atoms with Crippen molar-refractivity contribution in [2.24, 2.45) is 0 Å². The van der Waals surface area contributed by atoms with Crippen molar-refractivity contribution in [2.75, 3.05) is 23.3 Å². The number of carbonyl (C=O) groups is 2. The minimum Gasteiger partial charge on any atom is -0.316 e. The number of amides is 3. The van der Waals surface area contributed by atoms with Crippen molar-refractivity contribution in [1.82, 2.24) is 9.47 Å². The average molecular weight is 563 g/mol. The molecular formula is C36H42N4O2. The van der Waals surface area contributed by atoms with Gasteiger partial charge in [0.15, 0.2) is 0 Å². The number of nitrogens with one attached hydrogen (secondary N) is 1. The lowest BCUT2D eigenvalue weighted by Crippen LogP contribution is -2.48. The lowest BCUT2D eigenvalue weighted by atomic mass is 9.93. The van der Waals surface area contributed by atoms with Crippen LogP contribution in [-0.4, -0.2) is 34.5 Å². The van der Waals surface area contributed by atoms with Crippen LogP contribution >= 0.6 is 0 Å². The number of fused-ring (bicyclic) bond motifs is 3. The summed E-state index contributed by atoms with van der Waals surface area (Å²) in [5, 5.41) is 3.24. The quantitative estimate of drug-likeness (QED) is 0.222. The first-order valence-electron chi connectivity index (χ1n) is 15.1. The van der Waals surface area contributed by atoms with Gasteiger partial charge in [0.1, 0.15) is 12.6 Å². The monoisotopic (exact) mass is 562 g/mol. The van der Waals surface area contributed by atoms with E-state index in [4.69, 9.17) is 0 Å². The van der Waals surface area contributed by atoms with Gasteiger partial charge in [-0.1, -0.05) is 102 Å². The fourth-order valence-electron chi connectivity index (χ4n) is 5.93. The summed E-state index contributed by atoms with van der Waals surface area (Å²) in [6, 6.07) is 27.9. The molecule has 2 heterocycles. The van der Waals surface area contributed by atoms with Gasteiger partial charge in [-0.3, -0.25) is 9.69 Å². The van der Waals surface area contributed by atoms with Gasteiger partial charge in [-0.15, -0.1) is 0 Å². The number of benzene rings is 3. The molecule has 1 aromatic heterocycles. The molecule has 1 N–H and O–H groups in total. The maximum atomic E-state index is 14.5. The van der Waals surface area contributed by atoms with Crippen molar-refractivity contribution in [3.8, 4) is 5.69 Å². The van der Waals surface area contributed by atoms with Crippen LogP contribution in [0.25, 0.3) is 5.69 Å². The lowest BCUT2D eigenvalue weighted by molar-refractivity contribution is -0.119. The summed E-state index contributed by atoms with van der Waals surface area (Å²) in [6.45, 7) is 11.1. The molecule has 0 saturated heterocycles. The van der Waals surface area contributed by atoms with Crippen molar-refractivity contribution in [3.63, 3.8) is 0 Å². The van der Waals surface area contributed by atoms with Gasteiger partial charge in [0, 0.05) is 18.4 Å². The normalized spacial score (nSPS) is 14.1. The Labute approximate surface area is 250 Å². The predicted octanol–water partition coefficient (Wildman–Crippen LogP) is 8.49. The summed E-state index contributed by atoms with van der Waals surface area (Å²) in [7, 11) is 0. The Morgan fingerprint density at radius 3 is 2.10 bits per heavy atom. The second-order valence-corrected chi connectivity index (χ2v) is 11.7. The number of nitrogens with zero attached hydrogens (tertiary/aromatic N) is 3. The molecule has 3 amide bonds. The Kier molecular flexibility index (Phi) is 8.81. The van der Waals surface area contributed by atoms with E-state index in [1.165, 1.54) is 0 Å². The largest absolute Gasteiger partial charge is 0.322 e. The molecule has 3 aromatic carbocycles. The van der Waals surface area contributed by atoms with Gasteiger partial charge in [-0.25, -0.2) is 4.79 Å². The fraction of sp³-hybridized carbons (Fsp3) is 0.333. The van der Waals surface area contributed by atoms with Crippen LogP contribution in [-0.2, 0) is 4.79 Å². The highest BCUT2D eigenvalue weighted by Crippen LogP contribution is 2.42. The predicted molar refractivity (Wildman–Crippen MR) is 172 cm³/mol. The Hall–Kier alpha value is -4.32. The van der Waals surface area contributed by atoms with Gasteiger partial charge in [0.25, 0.3) is 0 Å². The van der Waals surface area contributed by atoms with E-state index in [0.717, 1.165) is 52.3 Å². The highest BCUT2D eigenvalue weighted by molar-refractivity contribution is 6.01. The van der Waals surface area contributed by atoms with E-state index in [-0.39, 0.29) is 36.4 Å². The Morgan fingerprint density at radius 1 is 0.810 bits per heavy atom. The molecule has 0 bridgehead atoms. The minimum atomic E-state index is -0.311. The van der Waals surface area contributed by atoms with Crippen molar-refractivity contribution in [1.29, 1.82) is 0 Å². The molecule has 4 aromatic rings. The number of unbranched alkanes of at least 4 members (excludes halogenated alkanes) is 1. The SMILES string of the molecule is CCCCN(CC(=O)N1c2ccccc2-n2cccc2C1c1ccccc1)C(=O)Nc1c(C(C)C)cccc1C(C)C. The molecule has 0 aliphatic carbocycles. The van der Waals surface area contributed by atoms with Gasteiger partial charge in [0.05, 0.1) is 17.1 Å². The maximum absolute atomic E-state index is 14.5. The van der Waals surface area contributed by atoms with Crippen LogP contribution in [0.5, 0.6) is 0 Å². The number of carbonyl (C=O) groups excluding carboxylic acids is 2. The molecule has 218 valence electrons. The molecule has 1 aliphatic rings. The van der Waals surface area contributed by atoms with Crippen LogP contribution in [0.2, 0.25) is 0 Å². The molecule has 1 aliphatic heterocycles. The molecule has 1 unspecified atom stereocenters. The van der Waals surface area contributed by atoms with Crippen LogP contribution in [0.15, 0.2) is 91.1 Å². The van der Waals surface area contributed by atoms with E-state index in [9.17, 15) is 9.59 Å². The summed E-state index contributed by atoms with van der Waals surface area (Å²) in [5.41, 5.74) is 6.91. The summed E-state index contributed by atoms with van der Waals surface area (Å²) in [4.78, 5) is 32.0. The highest BCUT2D eigenvalue weighted by atomic mass is 16.2. The molecule has 5 rings (SSSR count). The molecule has 0 radical (unpaired) electrons. The van der Waals surface area contributed by atoms with E-state index in [1.807, 2.05) is 59.6 Å². The first-order valence-corrected chi connectivity index (χ1v) is 15.1. The number of anilines is 2. The Bertz CT molecular complexity index is 1510. The molecule has 0 fully saturated rings. The standard InChI is InChI=1S/C36H42N4O2/c1-6-7-22-38(36(42)37-34-28(25(2)3)17-13-18-29(34)26(4)5)24-33(41)40-31-20-12-11-19-30(31)39-23-14-21-32(39)35(40)27-15-9-8-10-16-27/h8-21,23,25-26,35H,6-7,22,24H2,1-5H3,(H,37,42). The maximum Gasteiger partial charge on any atom is 0.322 e. The summed E-state index contributed by atoms with van der Waals surface area (Å²) < 4.78 is 2.16. The van der Waals surface area contributed by atoms with E-state index >= 15 is 0 Å². The third-order valence-electron chi connectivity index (χ3n) is 8.10. The number of rotatable bonds is 9. The summed E-state index contributed by atoms with van der Waals surface area (Å²) in [5.74, 6) is 0.381. The van der Waals surface area contributed by atoms with Crippen LogP contribution in [0, 0.1) is 0 Å². The highest BCUT2D eigenvalue weighted by Gasteiger charge is 2.37. The zero-order valence-electron chi connectivity index (χ0n) is 25.4. The number of para-hydroxylation sites is 3. The smallest absolute Gasteiger partial charge is 0.316 e. The van der Waals surface area contributed by atoms with Crippen LogP contribution in [0.1, 0.15) is 87.7 Å². The van der Waals surface area contributed by atoms with E-state index in [0.29, 0.717) is 6.54 Å². The van der Waals surface area contributed by atoms with Gasteiger partial charge < -0.3 is 14.8 Å². The van der Waals surface area contributed by atoms with Crippen LogP contribution in [0.4, 0.5) is 16.2 Å². The van der Waals surface area contributed by atoms with Crippen molar-refractivity contribution in [3.05, 3.63) is 114 Å². The third kappa shape index (κ3) is 5.71. The van der Waals surface area contributed by atoms with Gasteiger partial charge >= 0.3 is 6.03 Å². The van der Waals surface area contributed by atoms with Gasteiger partial charge in [-0.2, -0.15) is 0 Å². The third-order valence-corrected chi connectivity index (χ3v) is 8.10. The first-order chi connectivity index (χ1) is 20.3. The van der Waals surface area contributed by atoms with Crippen LogP contribution in [0.3, 0.4) is 0 Å². The van der Waals surface area contributed by atoms with Crippen molar-refractivity contribution in [2.45, 2.75) is 65.3 Å². The molecule has 1 atom stereocenters. The lowest BCUT2D eigenvalue weighted by Gasteiger charge is -2.39. The average Bonchev–Trinajstić information content (AvgIpc) is 3.48. The number of hydrogen-bond donors (Lipinski definition) is 1. The topological polar surface area (TPSA) is 57.6 Å². The van der Waals surface area contributed by atoms with Gasteiger partial charge in [0.2, 0.25) is 5.91 Å². The summed E-state index contributed by atoms with van der Waals surface area (Å²) >= 11 is 0. The fourth-order valence-corrected chi connectivity index (χ4v) is 5.93. The number of urea groups is 1. The molecular weight excluding hydrogens is 520 g/mol. The molecule has 6 nitrogen and oxygen atoms in total. The van der Waals surface area contributed by atoms with E-state index in [2.05, 4.69) is 80.9 Å². The van der Waals surface area contributed by atoms with Crippen molar-refractivity contribution >= 4 is 23.3 Å².